The molecule has 0 bridgehead atoms. The van der Waals surface area contributed by atoms with Crippen LogP contribution >= 0.6 is 0 Å². The molecule has 0 atom stereocenters. The van der Waals surface area contributed by atoms with E-state index in [1.54, 1.807) is 24.3 Å². The first-order valence-electron chi connectivity index (χ1n) is 8.77. The normalized spacial score (nSPS) is 10.0. The third-order valence-electron chi connectivity index (χ3n) is 3.55. The largest absolute Gasteiger partial charge is 0.487 e. The van der Waals surface area contributed by atoms with Gasteiger partial charge in [-0.05, 0) is 49.8 Å². The third-order valence-corrected chi connectivity index (χ3v) is 3.55. The van der Waals surface area contributed by atoms with Crippen LogP contribution in [0.2, 0.25) is 0 Å². The number of hydrogen-bond donors (Lipinski definition) is 3. The van der Waals surface area contributed by atoms with Gasteiger partial charge in [0.2, 0.25) is 5.91 Å². The molecule has 142 valence electrons. The van der Waals surface area contributed by atoms with E-state index in [0.717, 1.165) is 11.3 Å². The van der Waals surface area contributed by atoms with Crippen LogP contribution in [0.1, 0.15) is 24.2 Å². The van der Waals surface area contributed by atoms with Crippen LogP contribution in [0, 0.1) is 0 Å². The van der Waals surface area contributed by atoms with Crippen molar-refractivity contribution in [2.75, 3.05) is 30.3 Å². The van der Waals surface area contributed by atoms with Crippen molar-refractivity contribution in [3.63, 3.8) is 0 Å². The predicted octanol–water partition coefficient (Wildman–Crippen LogP) is 3.44. The van der Waals surface area contributed by atoms with Gasteiger partial charge in [0.15, 0.2) is 0 Å². The Kier molecular flexibility index (Phi) is 7.43. The van der Waals surface area contributed by atoms with E-state index in [0.29, 0.717) is 30.2 Å². The Hall–Kier alpha value is -3.28. The summed E-state index contributed by atoms with van der Waals surface area (Å²) >= 11 is 0. The van der Waals surface area contributed by atoms with E-state index in [2.05, 4.69) is 22.5 Å². The van der Waals surface area contributed by atoms with E-state index >= 15 is 0 Å². The number of anilines is 2. The molecular weight excluding hydrogens is 342 g/mol. The van der Waals surface area contributed by atoms with Crippen LogP contribution in [0.25, 0.3) is 0 Å². The van der Waals surface area contributed by atoms with Crippen molar-refractivity contribution in [2.45, 2.75) is 13.8 Å². The van der Waals surface area contributed by atoms with Crippen LogP contribution < -0.4 is 20.7 Å². The second-order valence-electron chi connectivity index (χ2n) is 6.08. The van der Waals surface area contributed by atoms with Gasteiger partial charge in [0.05, 0.1) is 12.2 Å². The average Bonchev–Trinajstić information content (AvgIpc) is 2.65. The molecule has 0 spiro atoms. The summed E-state index contributed by atoms with van der Waals surface area (Å²) in [6.07, 6.45) is 0. The SMILES string of the molecule is C=C(C)COc1ccccc1NCC(=O)Nc1cccc(C(=O)NCC)c1. The summed E-state index contributed by atoms with van der Waals surface area (Å²) < 4.78 is 5.68. The highest BCUT2D eigenvalue weighted by Crippen LogP contribution is 2.24. The van der Waals surface area contributed by atoms with Crippen LogP contribution in [0.3, 0.4) is 0 Å². The van der Waals surface area contributed by atoms with Gasteiger partial charge in [0.25, 0.3) is 5.91 Å². The number of nitrogens with one attached hydrogen (secondary N) is 3. The van der Waals surface area contributed by atoms with E-state index in [9.17, 15) is 9.59 Å². The summed E-state index contributed by atoms with van der Waals surface area (Å²) in [6.45, 7) is 8.59. The maximum absolute atomic E-state index is 12.2. The molecule has 0 aromatic heterocycles. The summed E-state index contributed by atoms with van der Waals surface area (Å²) in [6, 6.07) is 14.2. The van der Waals surface area contributed by atoms with Crippen molar-refractivity contribution in [2.24, 2.45) is 0 Å². The number of para-hydroxylation sites is 2. The molecule has 0 saturated carbocycles. The molecule has 0 heterocycles. The number of hydrogen-bond acceptors (Lipinski definition) is 4. The summed E-state index contributed by atoms with van der Waals surface area (Å²) in [5.74, 6) is 0.264. The number of ether oxygens (including phenoxy) is 1. The van der Waals surface area contributed by atoms with Crippen LogP contribution in [-0.4, -0.2) is 31.5 Å². The monoisotopic (exact) mass is 367 g/mol. The minimum absolute atomic E-state index is 0.0683. The number of benzene rings is 2. The molecule has 0 fully saturated rings. The lowest BCUT2D eigenvalue weighted by atomic mass is 10.2. The Balaban J connectivity index is 1.94. The standard InChI is InChI=1S/C21H25N3O3/c1-4-22-21(26)16-8-7-9-17(12-16)24-20(25)13-23-18-10-5-6-11-19(18)27-14-15(2)3/h5-12,23H,2,4,13-14H2,1,3H3,(H,22,26)(H,24,25). The minimum Gasteiger partial charge on any atom is -0.487 e. The molecule has 0 saturated heterocycles. The number of carbonyl (C=O) groups excluding carboxylic acids is 2. The van der Waals surface area contributed by atoms with Crippen molar-refractivity contribution in [1.82, 2.24) is 5.32 Å². The molecule has 2 aromatic carbocycles. The molecule has 3 N–H and O–H groups in total. The highest BCUT2D eigenvalue weighted by molar-refractivity contribution is 5.98. The third kappa shape index (κ3) is 6.51. The van der Waals surface area contributed by atoms with E-state index < -0.39 is 0 Å². The van der Waals surface area contributed by atoms with E-state index in [1.165, 1.54) is 0 Å². The molecule has 27 heavy (non-hydrogen) atoms. The molecule has 2 aromatic rings. The fraction of sp³-hybridized carbons (Fsp3) is 0.238. The first-order chi connectivity index (χ1) is 13.0. The maximum atomic E-state index is 12.2. The number of rotatable bonds is 9. The highest BCUT2D eigenvalue weighted by atomic mass is 16.5. The van der Waals surface area contributed by atoms with Crippen molar-refractivity contribution in [1.29, 1.82) is 0 Å². The topological polar surface area (TPSA) is 79.5 Å². The average molecular weight is 367 g/mol. The summed E-state index contributed by atoms with van der Waals surface area (Å²) in [7, 11) is 0. The Morgan fingerprint density at radius 1 is 1.11 bits per heavy atom. The van der Waals surface area contributed by atoms with Crippen molar-refractivity contribution in [3.05, 3.63) is 66.2 Å². The maximum Gasteiger partial charge on any atom is 0.251 e. The van der Waals surface area contributed by atoms with Gasteiger partial charge in [-0.1, -0.05) is 24.8 Å². The molecule has 2 amide bonds. The lowest BCUT2D eigenvalue weighted by Gasteiger charge is -2.13. The summed E-state index contributed by atoms with van der Waals surface area (Å²) in [4.78, 5) is 24.1. The van der Waals surface area contributed by atoms with E-state index in [-0.39, 0.29) is 18.4 Å². The van der Waals surface area contributed by atoms with Gasteiger partial charge in [0, 0.05) is 17.8 Å². The fourth-order valence-corrected chi connectivity index (χ4v) is 2.32. The zero-order chi connectivity index (χ0) is 19.6. The van der Waals surface area contributed by atoms with Gasteiger partial charge in [-0.2, -0.15) is 0 Å². The first-order valence-corrected chi connectivity index (χ1v) is 8.77. The quantitative estimate of drug-likeness (QED) is 0.593. The Labute approximate surface area is 159 Å². The second kappa shape index (κ2) is 10.0. The lowest BCUT2D eigenvalue weighted by molar-refractivity contribution is -0.114. The van der Waals surface area contributed by atoms with Gasteiger partial charge in [-0.15, -0.1) is 0 Å². The summed E-state index contributed by atoms with van der Waals surface area (Å²) in [5.41, 5.74) is 2.71. The van der Waals surface area contributed by atoms with E-state index in [1.807, 2.05) is 38.1 Å². The molecule has 0 aliphatic heterocycles. The van der Waals surface area contributed by atoms with Gasteiger partial charge in [-0.3, -0.25) is 9.59 Å². The summed E-state index contributed by atoms with van der Waals surface area (Å²) in [5, 5.41) is 8.58. The van der Waals surface area contributed by atoms with Gasteiger partial charge < -0.3 is 20.7 Å². The van der Waals surface area contributed by atoms with Crippen LogP contribution in [0.4, 0.5) is 11.4 Å². The van der Waals surface area contributed by atoms with Gasteiger partial charge >= 0.3 is 0 Å². The smallest absolute Gasteiger partial charge is 0.251 e. The van der Waals surface area contributed by atoms with E-state index in [4.69, 9.17) is 4.74 Å². The first kappa shape index (κ1) is 20.0. The number of amides is 2. The molecule has 0 aliphatic carbocycles. The van der Waals surface area contributed by atoms with Crippen LogP contribution in [0.5, 0.6) is 5.75 Å². The highest BCUT2D eigenvalue weighted by Gasteiger charge is 2.08. The van der Waals surface area contributed by atoms with Crippen molar-refractivity contribution in [3.8, 4) is 5.75 Å². The minimum atomic E-state index is -0.224. The molecular formula is C21H25N3O3. The molecule has 6 heteroatoms. The zero-order valence-electron chi connectivity index (χ0n) is 15.7. The molecule has 0 radical (unpaired) electrons. The Bertz CT molecular complexity index is 818. The van der Waals surface area contributed by atoms with Crippen LogP contribution in [0.15, 0.2) is 60.7 Å². The molecule has 0 unspecified atom stereocenters. The molecule has 2 rings (SSSR count). The zero-order valence-corrected chi connectivity index (χ0v) is 15.7. The number of carbonyl (C=O) groups is 2. The van der Waals surface area contributed by atoms with Gasteiger partial charge in [-0.25, -0.2) is 0 Å². The Morgan fingerprint density at radius 3 is 2.63 bits per heavy atom. The fourth-order valence-electron chi connectivity index (χ4n) is 2.32. The van der Waals surface area contributed by atoms with Gasteiger partial charge in [0.1, 0.15) is 12.4 Å². The van der Waals surface area contributed by atoms with Crippen molar-refractivity contribution < 1.29 is 14.3 Å². The predicted molar refractivity (Wildman–Crippen MR) is 108 cm³/mol. The second-order valence-corrected chi connectivity index (χ2v) is 6.08. The molecule has 6 nitrogen and oxygen atoms in total. The van der Waals surface area contributed by atoms with Crippen LogP contribution in [-0.2, 0) is 4.79 Å². The van der Waals surface area contributed by atoms with Crippen molar-refractivity contribution >= 4 is 23.2 Å². The lowest BCUT2D eigenvalue weighted by Crippen LogP contribution is -2.24. The molecule has 0 aliphatic rings. The Morgan fingerprint density at radius 2 is 1.89 bits per heavy atom.